The zero-order valence-electron chi connectivity index (χ0n) is 19.9. The number of likely N-dealkylation sites (tertiary alicyclic amines) is 2. The first-order valence-corrected chi connectivity index (χ1v) is 12.0. The summed E-state index contributed by atoms with van der Waals surface area (Å²) in [5.41, 5.74) is 1.18. The number of amides is 1. The largest absolute Gasteiger partial charge is 0.453 e. The zero-order chi connectivity index (χ0) is 23.8. The average molecular weight is 471 g/mol. The number of rotatable bonds is 5. The van der Waals surface area contributed by atoms with Gasteiger partial charge in [0.15, 0.2) is 0 Å². The fraction of sp³-hybridized carbons (Fsp3) is 0.583. The van der Waals surface area contributed by atoms with E-state index < -0.39 is 0 Å². The molecule has 2 aliphatic rings. The van der Waals surface area contributed by atoms with Gasteiger partial charge in [0.1, 0.15) is 11.3 Å². The van der Waals surface area contributed by atoms with E-state index in [0.717, 1.165) is 62.9 Å². The second kappa shape index (κ2) is 9.32. The van der Waals surface area contributed by atoms with E-state index in [-0.39, 0.29) is 35.7 Å². The van der Waals surface area contributed by atoms with Gasteiger partial charge in [-0.3, -0.25) is 0 Å². The van der Waals surface area contributed by atoms with Crippen LogP contribution in [0.25, 0.3) is 16.9 Å². The van der Waals surface area contributed by atoms with Crippen molar-refractivity contribution in [3.8, 4) is 5.95 Å². The number of benzene rings is 1. The quantitative estimate of drug-likeness (QED) is 0.555. The summed E-state index contributed by atoms with van der Waals surface area (Å²) in [4.78, 5) is 20.8. The molecule has 0 radical (unpaired) electrons. The number of piperidine rings is 1. The molecule has 3 aromatic rings. The average Bonchev–Trinajstić information content (AvgIpc) is 3.58. The molecule has 182 valence electrons. The van der Waals surface area contributed by atoms with E-state index in [0.29, 0.717) is 11.4 Å². The van der Waals surface area contributed by atoms with Gasteiger partial charge >= 0.3 is 6.09 Å². The van der Waals surface area contributed by atoms with E-state index in [1.807, 2.05) is 24.8 Å². The van der Waals surface area contributed by atoms with Crippen molar-refractivity contribution < 1.29 is 18.4 Å². The van der Waals surface area contributed by atoms with Crippen LogP contribution in [0.3, 0.4) is 0 Å². The third-order valence-corrected chi connectivity index (χ3v) is 7.04. The molecule has 0 bridgehead atoms. The Hall–Kier alpha value is -3.01. The van der Waals surface area contributed by atoms with Crippen molar-refractivity contribution in [3.63, 3.8) is 0 Å². The molecule has 0 aliphatic carbocycles. The highest BCUT2D eigenvalue weighted by atomic mass is 19.1. The van der Waals surface area contributed by atoms with Gasteiger partial charge in [-0.1, -0.05) is 26.0 Å². The number of hydrogen-bond acceptors (Lipinski definition) is 7. The second-order valence-corrected chi connectivity index (χ2v) is 9.55. The standard InChI is InChI=1S/C24H31FN6O3/c1-15(2)20-18-7-4-8-19(25)21(18)31(27-20)23-26-22(34-28-23)16-9-12-29(13-10-16)14-17-6-5-11-30(17)24(32)33-3/h4,7-8,15-17H,5-6,9-14H2,1-3H3/t17-/m0/s1. The van der Waals surface area contributed by atoms with Crippen molar-refractivity contribution in [3.05, 3.63) is 35.6 Å². The summed E-state index contributed by atoms with van der Waals surface area (Å²) in [6, 6.07) is 5.20. The summed E-state index contributed by atoms with van der Waals surface area (Å²) < 4.78 is 26.7. The number of ether oxygens (including phenoxy) is 1. The van der Waals surface area contributed by atoms with Gasteiger partial charge in [0.05, 0.1) is 12.8 Å². The van der Waals surface area contributed by atoms with Crippen molar-refractivity contribution >= 4 is 17.0 Å². The molecule has 0 N–H and O–H groups in total. The number of aromatic nitrogens is 4. The molecule has 2 aromatic heterocycles. The highest BCUT2D eigenvalue weighted by Gasteiger charge is 2.33. The number of halogens is 1. The minimum Gasteiger partial charge on any atom is -0.453 e. The fourth-order valence-electron chi connectivity index (χ4n) is 5.24. The van der Waals surface area contributed by atoms with E-state index >= 15 is 0 Å². The molecule has 5 rings (SSSR count). The molecule has 4 heterocycles. The zero-order valence-corrected chi connectivity index (χ0v) is 19.9. The Balaban J connectivity index is 1.28. The molecule has 34 heavy (non-hydrogen) atoms. The topological polar surface area (TPSA) is 89.5 Å². The third kappa shape index (κ3) is 4.15. The minimum atomic E-state index is -0.357. The molecule has 2 saturated heterocycles. The van der Waals surface area contributed by atoms with Gasteiger partial charge < -0.3 is 19.1 Å². The van der Waals surface area contributed by atoms with E-state index in [4.69, 9.17) is 9.26 Å². The van der Waals surface area contributed by atoms with Gasteiger partial charge in [-0.2, -0.15) is 14.8 Å². The van der Waals surface area contributed by atoms with E-state index in [2.05, 4.69) is 20.1 Å². The first-order valence-electron chi connectivity index (χ1n) is 12.0. The van der Waals surface area contributed by atoms with Crippen LogP contribution in [0.1, 0.15) is 63.0 Å². The number of para-hydroxylation sites is 1. The Morgan fingerprint density at radius 2 is 2.03 bits per heavy atom. The Labute approximate surface area is 197 Å². The van der Waals surface area contributed by atoms with Crippen LogP contribution >= 0.6 is 0 Å². The first kappa shape index (κ1) is 22.8. The maximum Gasteiger partial charge on any atom is 0.409 e. The number of fused-ring (bicyclic) bond motifs is 1. The van der Waals surface area contributed by atoms with Crippen molar-refractivity contribution in [1.29, 1.82) is 0 Å². The lowest BCUT2D eigenvalue weighted by Gasteiger charge is -2.34. The van der Waals surface area contributed by atoms with Crippen LogP contribution in [0.5, 0.6) is 0 Å². The van der Waals surface area contributed by atoms with Gasteiger partial charge in [-0.05, 0) is 55.9 Å². The molecular weight excluding hydrogens is 439 g/mol. The van der Waals surface area contributed by atoms with Gasteiger partial charge in [-0.15, -0.1) is 0 Å². The maximum absolute atomic E-state index is 14.7. The summed E-state index contributed by atoms with van der Waals surface area (Å²) in [7, 11) is 1.44. The Bertz CT molecular complexity index is 1170. The highest BCUT2D eigenvalue weighted by Crippen LogP contribution is 2.31. The van der Waals surface area contributed by atoms with Gasteiger partial charge in [0.2, 0.25) is 5.89 Å². The lowest BCUT2D eigenvalue weighted by Crippen LogP contribution is -2.45. The fourth-order valence-corrected chi connectivity index (χ4v) is 5.24. The number of nitrogens with zero attached hydrogens (tertiary/aromatic N) is 6. The van der Waals surface area contributed by atoms with Crippen LogP contribution in [0.15, 0.2) is 22.7 Å². The summed E-state index contributed by atoms with van der Waals surface area (Å²) >= 11 is 0. The third-order valence-electron chi connectivity index (χ3n) is 7.04. The Morgan fingerprint density at radius 3 is 2.76 bits per heavy atom. The molecule has 10 heteroatoms. The van der Waals surface area contributed by atoms with Crippen molar-refractivity contribution in [2.75, 3.05) is 33.3 Å². The molecule has 1 atom stereocenters. The van der Waals surface area contributed by atoms with Crippen LogP contribution in [0.4, 0.5) is 9.18 Å². The first-order chi connectivity index (χ1) is 16.5. The number of carbonyl (C=O) groups is 1. The molecule has 2 fully saturated rings. The number of hydrogen-bond donors (Lipinski definition) is 0. The van der Waals surface area contributed by atoms with Gasteiger partial charge in [0, 0.05) is 30.4 Å². The van der Waals surface area contributed by atoms with Crippen LogP contribution in [0, 0.1) is 5.82 Å². The van der Waals surface area contributed by atoms with Crippen molar-refractivity contribution in [2.45, 2.75) is 57.4 Å². The Morgan fingerprint density at radius 1 is 1.24 bits per heavy atom. The second-order valence-electron chi connectivity index (χ2n) is 9.55. The maximum atomic E-state index is 14.7. The van der Waals surface area contributed by atoms with Crippen molar-refractivity contribution in [1.82, 2.24) is 29.7 Å². The van der Waals surface area contributed by atoms with Crippen molar-refractivity contribution in [2.24, 2.45) is 0 Å². The summed E-state index contributed by atoms with van der Waals surface area (Å²) in [5, 5.41) is 9.53. The van der Waals surface area contributed by atoms with Gasteiger partial charge in [-0.25, -0.2) is 9.18 Å². The number of methoxy groups -OCH3 is 1. The molecule has 0 unspecified atom stereocenters. The lowest BCUT2D eigenvalue weighted by molar-refractivity contribution is 0.101. The predicted octanol–water partition coefficient (Wildman–Crippen LogP) is 4.08. The normalized spacial score (nSPS) is 20.0. The van der Waals surface area contributed by atoms with Crippen LogP contribution in [-0.4, -0.2) is 75.1 Å². The minimum absolute atomic E-state index is 0.135. The summed E-state index contributed by atoms with van der Waals surface area (Å²) in [6.45, 7) is 7.47. The highest BCUT2D eigenvalue weighted by molar-refractivity contribution is 5.84. The molecule has 1 aromatic carbocycles. The van der Waals surface area contributed by atoms with Crippen LogP contribution in [0.2, 0.25) is 0 Å². The monoisotopic (exact) mass is 470 g/mol. The van der Waals surface area contributed by atoms with Crippen LogP contribution < -0.4 is 0 Å². The van der Waals surface area contributed by atoms with E-state index in [9.17, 15) is 9.18 Å². The lowest BCUT2D eigenvalue weighted by atomic mass is 9.96. The summed E-state index contributed by atoms with van der Waals surface area (Å²) in [5.74, 6) is 0.756. The molecule has 0 spiro atoms. The van der Waals surface area contributed by atoms with Crippen LogP contribution in [-0.2, 0) is 4.74 Å². The molecule has 2 aliphatic heterocycles. The Kier molecular flexibility index (Phi) is 6.24. The number of carbonyl (C=O) groups excluding carboxylic acids is 1. The predicted molar refractivity (Wildman–Crippen MR) is 124 cm³/mol. The SMILES string of the molecule is COC(=O)N1CCC[C@H]1CN1CCC(c2nc(-n3nc(C(C)C)c4cccc(F)c43)no2)CC1. The van der Waals surface area contributed by atoms with E-state index in [1.165, 1.54) is 17.9 Å². The molecule has 9 nitrogen and oxygen atoms in total. The molecule has 0 saturated carbocycles. The molecule has 1 amide bonds. The molecular formula is C24H31FN6O3. The summed E-state index contributed by atoms with van der Waals surface area (Å²) in [6.07, 6.45) is 3.56. The van der Waals surface area contributed by atoms with Gasteiger partial charge in [0.25, 0.3) is 5.95 Å². The van der Waals surface area contributed by atoms with E-state index in [1.54, 1.807) is 6.07 Å². The smallest absolute Gasteiger partial charge is 0.409 e.